The quantitative estimate of drug-likeness (QED) is 0.926. The SMILES string of the molecule is Cc1cc(C)c(N2CCCc3c2nn(C)c3C(C)C(N)=O)c(Cl)c1. The highest BCUT2D eigenvalue weighted by Gasteiger charge is 2.31. The van der Waals surface area contributed by atoms with Crippen molar-refractivity contribution in [3.8, 4) is 0 Å². The molecule has 6 heteroatoms. The first-order valence-electron chi connectivity index (χ1n) is 8.20. The molecule has 3 rings (SSSR count). The van der Waals surface area contributed by atoms with E-state index in [1.165, 1.54) is 0 Å². The van der Waals surface area contributed by atoms with Crippen LogP contribution in [0, 0.1) is 13.8 Å². The lowest BCUT2D eigenvalue weighted by molar-refractivity contribution is -0.119. The van der Waals surface area contributed by atoms with Gasteiger partial charge < -0.3 is 10.6 Å². The Morgan fingerprint density at radius 2 is 2.08 bits per heavy atom. The van der Waals surface area contributed by atoms with E-state index in [2.05, 4.69) is 17.9 Å². The Morgan fingerprint density at radius 3 is 2.71 bits per heavy atom. The summed E-state index contributed by atoms with van der Waals surface area (Å²) in [5.41, 5.74) is 10.8. The van der Waals surface area contributed by atoms with Crippen LogP contribution in [0.2, 0.25) is 5.02 Å². The van der Waals surface area contributed by atoms with Gasteiger partial charge in [-0.25, -0.2) is 0 Å². The third kappa shape index (κ3) is 2.67. The Bertz CT molecular complexity index is 789. The molecule has 2 N–H and O–H groups in total. The fourth-order valence-electron chi connectivity index (χ4n) is 3.69. The molecule has 2 heterocycles. The van der Waals surface area contributed by atoms with Crippen molar-refractivity contribution in [3.63, 3.8) is 0 Å². The minimum absolute atomic E-state index is 0.331. The number of fused-ring (bicyclic) bond motifs is 1. The molecule has 24 heavy (non-hydrogen) atoms. The Morgan fingerprint density at radius 1 is 1.38 bits per heavy atom. The van der Waals surface area contributed by atoms with Gasteiger partial charge in [-0.15, -0.1) is 0 Å². The van der Waals surface area contributed by atoms with Crippen molar-refractivity contribution in [3.05, 3.63) is 39.5 Å². The number of carbonyl (C=O) groups is 1. The van der Waals surface area contributed by atoms with Gasteiger partial charge in [-0.1, -0.05) is 17.7 Å². The summed E-state index contributed by atoms with van der Waals surface area (Å²) >= 11 is 6.54. The maximum atomic E-state index is 11.7. The fourth-order valence-corrected chi connectivity index (χ4v) is 4.11. The van der Waals surface area contributed by atoms with E-state index in [0.717, 1.165) is 58.3 Å². The third-order valence-corrected chi connectivity index (χ3v) is 5.03. The van der Waals surface area contributed by atoms with E-state index in [1.54, 1.807) is 4.68 Å². The molecule has 5 nitrogen and oxygen atoms in total. The molecule has 0 saturated carbocycles. The molecule has 0 fully saturated rings. The van der Waals surface area contributed by atoms with Gasteiger partial charge in [-0.3, -0.25) is 9.48 Å². The molecular formula is C18H23ClN4O. The van der Waals surface area contributed by atoms with Gasteiger partial charge >= 0.3 is 0 Å². The molecule has 128 valence electrons. The van der Waals surface area contributed by atoms with E-state index in [9.17, 15) is 4.79 Å². The summed E-state index contributed by atoms with van der Waals surface area (Å²) in [5.74, 6) is 0.198. The van der Waals surface area contributed by atoms with E-state index in [4.69, 9.17) is 22.4 Å². The first-order chi connectivity index (χ1) is 11.3. The lowest BCUT2D eigenvalue weighted by Crippen LogP contribution is -2.26. The fraction of sp³-hybridized carbons (Fsp3) is 0.444. The molecule has 0 saturated heterocycles. The number of halogens is 1. The number of aryl methyl sites for hydroxylation is 3. The number of benzene rings is 1. The van der Waals surface area contributed by atoms with Crippen LogP contribution in [-0.2, 0) is 18.3 Å². The summed E-state index contributed by atoms with van der Waals surface area (Å²) in [5, 5.41) is 5.43. The van der Waals surface area contributed by atoms with Gasteiger partial charge in [0.25, 0.3) is 0 Å². The van der Waals surface area contributed by atoms with Crippen LogP contribution >= 0.6 is 11.6 Å². The zero-order valence-electron chi connectivity index (χ0n) is 14.6. The molecule has 1 aromatic heterocycles. The van der Waals surface area contributed by atoms with Crippen molar-refractivity contribution >= 4 is 29.0 Å². The van der Waals surface area contributed by atoms with Gasteiger partial charge in [0, 0.05) is 19.2 Å². The smallest absolute Gasteiger partial charge is 0.226 e. The minimum atomic E-state index is -0.360. The van der Waals surface area contributed by atoms with Crippen LogP contribution in [0.1, 0.15) is 41.6 Å². The topological polar surface area (TPSA) is 64.2 Å². The number of hydrogen-bond donors (Lipinski definition) is 1. The van der Waals surface area contributed by atoms with Crippen molar-refractivity contribution in [2.24, 2.45) is 12.8 Å². The Kier molecular flexibility index (Phi) is 4.30. The largest absolute Gasteiger partial charge is 0.369 e. The van der Waals surface area contributed by atoms with Crippen LogP contribution in [-0.4, -0.2) is 22.2 Å². The number of nitrogens with two attached hydrogens (primary N) is 1. The Labute approximate surface area is 147 Å². The predicted octanol–water partition coefficient (Wildman–Crippen LogP) is 3.36. The number of nitrogens with zero attached hydrogens (tertiary/aromatic N) is 3. The first-order valence-corrected chi connectivity index (χ1v) is 8.58. The number of rotatable bonds is 3. The van der Waals surface area contributed by atoms with Crippen LogP contribution in [0.3, 0.4) is 0 Å². The van der Waals surface area contributed by atoms with Gasteiger partial charge in [-0.2, -0.15) is 5.10 Å². The molecular weight excluding hydrogens is 324 g/mol. The molecule has 0 aliphatic carbocycles. The monoisotopic (exact) mass is 346 g/mol. The molecule has 1 aromatic carbocycles. The van der Waals surface area contributed by atoms with Crippen molar-refractivity contribution in [2.75, 3.05) is 11.4 Å². The number of aromatic nitrogens is 2. The van der Waals surface area contributed by atoms with Crippen LogP contribution in [0.4, 0.5) is 11.5 Å². The molecule has 0 radical (unpaired) electrons. The molecule has 0 bridgehead atoms. The Hall–Kier alpha value is -2.01. The standard InChI is InChI=1S/C18H23ClN4O/c1-10-8-11(2)15(14(19)9-10)23-7-5-6-13-16(12(3)17(20)24)22(4)21-18(13)23/h8-9,12H,5-7H2,1-4H3,(H2,20,24). The average Bonchev–Trinajstić information content (AvgIpc) is 2.82. The number of primary amides is 1. The van der Waals surface area contributed by atoms with Crippen molar-refractivity contribution in [1.82, 2.24) is 9.78 Å². The van der Waals surface area contributed by atoms with Crippen LogP contribution < -0.4 is 10.6 Å². The van der Waals surface area contributed by atoms with Crippen molar-refractivity contribution < 1.29 is 4.79 Å². The van der Waals surface area contributed by atoms with E-state index < -0.39 is 0 Å². The van der Waals surface area contributed by atoms with Gasteiger partial charge in [-0.05, 0) is 50.8 Å². The molecule has 2 aromatic rings. The lowest BCUT2D eigenvalue weighted by atomic mass is 9.96. The van der Waals surface area contributed by atoms with Crippen LogP contribution in [0.15, 0.2) is 12.1 Å². The normalized spacial score (nSPS) is 15.3. The van der Waals surface area contributed by atoms with Gasteiger partial charge in [0.15, 0.2) is 5.82 Å². The summed E-state index contributed by atoms with van der Waals surface area (Å²) in [6.45, 7) is 6.80. The summed E-state index contributed by atoms with van der Waals surface area (Å²) in [6.07, 6.45) is 1.88. The summed E-state index contributed by atoms with van der Waals surface area (Å²) in [7, 11) is 1.87. The zero-order valence-corrected chi connectivity index (χ0v) is 15.3. The van der Waals surface area contributed by atoms with Gasteiger partial charge in [0.1, 0.15) is 0 Å². The second-order valence-corrected chi connectivity index (χ2v) is 7.01. The maximum Gasteiger partial charge on any atom is 0.226 e. The third-order valence-electron chi connectivity index (χ3n) is 4.74. The predicted molar refractivity (Wildman–Crippen MR) is 97.1 cm³/mol. The highest BCUT2D eigenvalue weighted by Crippen LogP contribution is 2.41. The van der Waals surface area contributed by atoms with E-state index >= 15 is 0 Å². The molecule has 1 amide bonds. The highest BCUT2D eigenvalue weighted by atomic mass is 35.5. The average molecular weight is 347 g/mol. The second-order valence-electron chi connectivity index (χ2n) is 6.60. The second kappa shape index (κ2) is 6.13. The highest BCUT2D eigenvalue weighted by molar-refractivity contribution is 6.33. The number of hydrogen-bond acceptors (Lipinski definition) is 3. The molecule has 1 aliphatic heterocycles. The summed E-state index contributed by atoms with van der Waals surface area (Å²) in [6, 6.07) is 4.11. The van der Waals surface area contributed by atoms with Gasteiger partial charge in [0.2, 0.25) is 5.91 Å². The van der Waals surface area contributed by atoms with Crippen LogP contribution in [0.5, 0.6) is 0 Å². The van der Waals surface area contributed by atoms with Crippen LogP contribution in [0.25, 0.3) is 0 Å². The minimum Gasteiger partial charge on any atom is -0.369 e. The number of carbonyl (C=O) groups excluding carboxylic acids is 1. The van der Waals surface area contributed by atoms with E-state index in [-0.39, 0.29) is 11.8 Å². The molecule has 1 unspecified atom stereocenters. The summed E-state index contributed by atoms with van der Waals surface area (Å²) in [4.78, 5) is 13.9. The zero-order chi connectivity index (χ0) is 17.6. The van der Waals surface area contributed by atoms with E-state index in [0.29, 0.717) is 0 Å². The molecule has 1 aliphatic rings. The van der Waals surface area contributed by atoms with Gasteiger partial charge in [0.05, 0.1) is 22.3 Å². The van der Waals surface area contributed by atoms with E-state index in [1.807, 2.05) is 27.0 Å². The lowest BCUT2D eigenvalue weighted by Gasteiger charge is -2.30. The summed E-state index contributed by atoms with van der Waals surface area (Å²) < 4.78 is 1.79. The van der Waals surface area contributed by atoms with Crippen molar-refractivity contribution in [2.45, 2.75) is 39.5 Å². The molecule has 0 spiro atoms. The number of anilines is 2. The molecule has 1 atom stereocenters. The maximum absolute atomic E-state index is 11.7. The number of amides is 1. The first kappa shape index (κ1) is 16.8. The van der Waals surface area contributed by atoms with Crippen molar-refractivity contribution in [1.29, 1.82) is 0 Å². The Balaban J connectivity index is 2.15.